The summed E-state index contributed by atoms with van der Waals surface area (Å²) >= 11 is 2.48. The Morgan fingerprint density at radius 3 is 2.81 bits per heavy atom. The van der Waals surface area contributed by atoms with Crippen molar-refractivity contribution in [3.8, 4) is 0 Å². The number of aryl methyl sites for hydroxylation is 1. The number of rotatable bonds is 3. The largest absolute Gasteiger partial charge is 0.391 e. The van der Waals surface area contributed by atoms with Gasteiger partial charge >= 0.3 is 16.5 Å². The second kappa shape index (κ2) is 4.41. The third-order valence-electron chi connectivity index (χ3n) is 2.84. The summed E-state index contributed by atoms with van der Waals surface area (Å²) in [5, 5.41) is 8.77. The van der Waals surface area contributed by atoms with Crippen LogP contribution in [0.1, 0.15) is 30.4 Å². The standard InChI is InChI=1S/C12H14N3.Al/c1-4-5-8(2)10-7-6-9(3)11-12(10)14-15-13-11;/h4,6-8H,1,5H2,2-3H3;/q-1;+1. The van der Waals surface area contributed by atoms with Crippen molar-refractivity contribution in [2.45, 2.75) is 26.2 Å². The van der Waals surface area contributed by atoms with Crippen molar-refractivity contribution in [1.29, 1.82) is 0 Å². The van der Waals surface area contributed by atoms with E-state index in [1.807, 2.05) is 6.08 Å². The quantitative estimate of drug-likeness (QED) is 0.595. The lowest BCUT2D eigenvalue weighted by molar-refractivity contribution is 0.783. The van der Waals surface area contributed by atoms with Crippen molar-refractivity contribution in [3.63, 3.8) is 0 Å². The van der Waals surface area contributed by atoms with Gasteiger partial charge in [-0.3, -0.25) is 0 Å². The first-order chi connectivity index (χ1) is 7.63. The molecule has 0 N–H and O–H groups in total. The Balaban J connectivity index is 2.61. The fourth-order valence-corrected chi connectivity index (χ4v) is 2.16. The third-order valence-corrected chi connectivity index (χ3v) is 3.07. The zero-order valence-corrected chi connectivity index (χ0v) is 10.8. The van der Waals surface area contributed by atoms with Crippen LogP contribution in [0.2, 0.25) is 0 Å². The van der Waals surface area contributed by atoms with Gasteiger partial charge in [-0.1, -0.05) is 25.1 Å². The van der Waals surface area contributed by atoms with Crippen LogP contribution in [0.15, 0.2) is 24.8 Å². The predicted molar refractivity (Wildman–Crippen MR) is 66.6 cm³/mol. The smallest absolute Gasteiger partial charge is 0.315 e. The van der Waals surface area contributed by atoms with Crippen molar-refractivity contribution < 1.29 is 0 Å². The lowest BCUT2D eigenvalue weighted by Gasteiger charge is -2.10. The Kier molecular flexibility index (Phi) is 3.13. The van der Waals surface area contributed by atoms with E-state index in [1.54, 1.807) is 3.78 Å². The van der Waals surface area contributed by atoms with Crippen molar-refractivity contribution in [3.05, 3.63) is 35.9 Å². The molecule has 1 unspecified atom stereocenters. The van der Waals surface area contributed by atoms with Crippen LogP contribution in [0.3, 0.4) is 0 Å². The van der Waals surface area contributed by atoms with E-state index in [-0.39, 0.29) is 0 Å². The first-order valence-electron chi connectivity index (χ1n) is 5.36. The lowest BCUT2D eigenvalue weighted by atomic mass is 9.95. The molecule has 0 bridgehead atoms. The van der Waals surface area contributed by atoms with Gasteiger partial charge in [-0.2, -0.15) is 10.2 Å². The molecule has 80 valence electrons. The second-order valence-corrected chi connectivity index (χ2v) is 4.58. The highest BCUT2D eigenvalue weighted by Gasteiger charge is 2.12. The van der Waals surface area contributed by atoms with Crippen LogP contribution >= 0.6 is 0 Å². The molecule has 1 atom stereocenters. The minimum atomic E-state index is 0.433. The average Bonchev–Trinajstić information content (AvgIpc) is 2.61. The van der Waals surface area contributed by atoms with Gasteiger partial charge in [0.1, 0.15) is 11.0 Å². The minimum Gasteiger partial charge on any atom is -0.315 e. The highest BCUT2D eigenvalue weighted by molar-refractivity contribution is 6.06. The van der Waals surface area contributed by atoms with Crippen molar-refractivity contribution in [1.82, 2.24) is 14.0 Å². The van der Waals surface area contributed by atoms with E-state index in [0.29, 0.717) is 5.92 Å². The summed E-state index contributed by atoms with van der Waals surface area (Å²) in [6, 6.07) is 4.25. The SMILES string of the molecule is C=CCC(C)c1ccc(C)c2n[n]([Al])nc12. The van der Waals surface area contributed by atoms with Gasteiger partial charge in [0.2, 0.25) is 0 Å². The monoisotopic (exact) mass is 227 g/mol. The molecule has 2 aromatic rings. The maximum absolute atomic E-state index is 4.41. The molecule has 1 aromatic carbocycles. The summed E-state index contributed by atoms with van der Waals surface area (Å²) in [5.41, 5.74) is 4.40. The molecule has 0 saturated carbocycles. The molecule has 0 spiro atoms. The van der Waals surface area contributed by atoms with E-state index in [1.165, 1.54) is 11.1 Å². The Morgan fingerprint density at radius 2 is 2.12 bits per heavy atom. The van der Waals surface area contributed by atoms with Crippen LogP contribution in [0.25, 0.3) is 11.0 Å². The molecule has 16 heavy (non-hydrogen) atoms. The maximum atomic E-state index is 4.41. The molecule has 0 aliphatic carbocycles. The topological polar surface area (TPSA) is 30.7 Å². The van der Waals surface area contributed by atoms with E-state index in [9.17, 15) is 0 Å². The molecule has 0 aliphatic heterocycles. The molecule has 4 heteroatoms. The molecule has 0 aliphatic rings. The fourth-order valence-electron chi connectivity index (χ4n) is 1.93. The number of aromatic nitrogens is 3. The number of hydrogen-bond donors (Lipinski definition) is 0. The van der Waals surface area contributed by atoms with Gasteiger partial charge in [-0.25, -0.2) is 0 Å². The van der Waals surface area contributed by atoms with Gasteiger partial charge in [0, 0.05) is 0 Å². The van der Waals surface area contributed by atoms with Gasteiger partial charge in [0.05, 0.1) is 0 Å². The van der Waals surface area contributed by atoms with Crippen molar-refractivity contribution in [2.75, 3.05) is 0 Å². The van der Waals surface area contributed by atoms with Gasteiger partial charge in [0.25, 0.3) is 0 Å². The normalized spacial score (nSPS) is 12.9. The van der Waals surface area contributed by atoms with E-state index in [4.69, 9.17) is 0 Å². The molecule has 0 fully saturated rings. The van der Waals surface area contributed by atoms with E-state index in [2.05, 4.69) is 59.3 Å². The zero-order valence-electron chi connectivity index (χ0n) is 9.64. The van der Waals surface area contributed by atoms with Crippen LogP contribution in [-0.4, -0.2) is 30.5 Å². The molecule has 1 heterocycles. The Bertz CT molecular complexity index is 530. The van der Waals surface area contributed by atoms with Gasteiger partial charge < -0.3 is 3.78 Å². The number of allylic oxidation sites excluding steroid dienone is 1. The van der Waals surface area contributed by atoms with Crippen LogP contribution in [0.4, 0.5) is 0 Å². The van der Waals surface area contributed by atoms with Crippen LogP contribution in [-0.2, 0) is 0 Å². The van der Waals surface area contributed by atoms with E-state index < -0.39 is 0 Å². The summed E-state index contributed by atoms with van der Waals surface area (Å²) in [5.74, 6) is 0.433. The number of fused-ring (bicyclic) bond motifs is 1. The Labute approximate surface area is 104 Å². The highest BCUT2D eigenvalue weighted by Crippen LogP contribution is 2.27. The first-order valence-corrected chi connectivity index (χ1v) is 5.87. The Morgan fingerprint density at radius 1 is 1.44 bits per heavy atom. The number of hydrogen-bond acceptors (Lipinski definition) is 2. The van der Waals surface area contributed by atoms with Gasteiger partial charge in [-0.05, 0) is 30.4 Å². The van der Waals surface area contributed by atoms with Crippen LogP contribution in [0, 0.1) is 6.92 Å². The maximum Gasteiger partial charge on any atom is 0.391 e. The first kappa shape index (κ1) is 11.4. The van der Waals surface area contributed by atoms with Crippen LogP contribution < -0.4 is 0 Å². The summed E-state index contributed by atoms with van der Waals surface area (Å²) < 4.78 is 1.56. The summed E-state index contributed by atoms with van der Waals surface area (Å²) in [6.07, 6.45) is 2.91. The molecule has 3 nitrogen and oxygen atoms in total. The lowest BCUT2D eigenvalue weighted by Crippen LogP contribution is -1.96. The number of benzene rings is 1. The Hall–Kier alpha value is -1.11. The number of nitrogens with zero attached hydrogens (tertiary/aromatic N) is 3. The van der Waals surface area contributed by atoms with Crippen molar-refractivity contribution >= 4 is 27.5 Å². The molecule has 1 aromatic heterocycles. The summed E-state index contributed by atoms with van der Waals surface area (Å²) in [4.78, 5) is 0. The van der Waals surface area contributed by atoms with Gasteiger partial charge in [0.15, 0.2) is 0 Å². The fraction of sp³-hybridized carbons (Fsp3) is 0.333. The van der Waals surface area contributed by atoms with E-state index in [0.717, 1.165) is 17.5 Å². The van der Waals surface area contributed by atoms with Crippen molar-refractivity contribution in [2.24, 2.45) is 0 Å². The summed E-state index contributed by atoms with van der Waals surface area (Å²) in [6.45, 7) is 8.03. The van der Waals surface area contributed by atoms with Crippen LogP contribution in [0.5, 0.6) is 0 Å². The van der Waals surface area contributed by atoms with E-state index >= 15 is 0 Å². The molecule has 2 radical (unpaired) electrons. The molecule has 0 saturated heterocycles. The predicted octanol–water partition coefficient (Wildman–Crippen LogP) is 2.35. The highest BCUT2D eigenvalue weighted by atomic mass is 27.1. The second-order valence-electron chi connectivity index (χ2n) is 4.11. The average molecular weight is 227 g/mol. The van der Waals surface area contributed by atoms with Gasteiger partial charge in [-0.15, -0.1) is 6.58 Å². The third kappa shape index (κ3) is 1.91. The summed E-state index contributed by atoms with van der Waals surface area (Å²) in [7, 11) is 0. The molecular formula is C12H14AlN3. The molecule has 0 amide bonds. The minimum absolute atomic E-state index is 0.433. The zero-order chi connectivity index (χ0) is 11.7. The molecule has 2 rings (SSSR count). The molecular weight excluding hydrogens is 213 g/mol.